The Hall–Kier alpha value is -1.96. The number of hydrogen-bond acceptors (Lipinski definition) is 5. The highest BCUT2D eigenvalue weighted by Gasteiger charge is 2.38. The van der Waals surface area contributed by atoms with Gasteiger partial charge in [-0.2, -0.15) is 5.10 Å². The number of aliphatic hydroxyl groups excluding tert-OH is 1. The smallest absolute Gasteiger partial charge is 0.307 e. The van der Waals surface area contributed by atoms with Crippen LogP contribution in [0.2, 0.25) is 0 Å². The maximum absolute atomic E-state index is 12.6. The molecule has 1 aliphatic rings. The summed E-state index contributed by atoms with van der Waals surface area (Å²) in [5, 5.41) is 24.5. The summed E-state index contributed by atoms with van der Waals surface area (Å²) in [7, 11) is 0. The van der Waals surface area contributed by atoms with E-state index in [1.165, 1.54) is 10.9 Å². The molecule has 1 aromatic heterocycles. The average molecular weight is 296 g/mol. The second-order valence-electron chi connectivity index (χ2n) is 6.04. The number of aromatic nitrogens is 2. The van der Waals surface area contributed by atoms with E-state index in [4.69, 9.17) is 0 Å². The van der Waals surface area contributed by atoms with Gasteiger partial charge in [-0.3, -0.25) is 19.6 Å². The van der Waals surface area contributed by atoms with Crippen LogP contribution in [-0.4, -0.2) is 49.8 Å². The number of β-amino-alcohol motifs (C(OH)–C–C–N with tert-alkyl or cyclic N) is 1. The summed E-state index contributed by atoms with van der Waals surface area (Å²) in [5.41, 5.74) is -1.18. The van der Waals surface area contributed by atoms with Gasteiger partial charge in [0, 0.05) is 13.1 Å². The Morgan fingerprint density at radius 2 is 2.24 bits per heavy atom. The van der Waals surface area contributed by atoms with Gasteiger partial charge in [-0.1, -0.05) is 6.92 Å². The Labute approximate surface area is 122 Å². The maximum atomic E-state index is 12.6. The first-order valence-corrected chi connectivity index (χ1v) is 6.90. The molecular formula is C13H20N4O4. The van der Waals surface area contributed by atoms with Crippen LogP contribution in [-0.2, 0) is 10.3 Å². The van der Waals surface area contributed by atoms with Gasteiger partial charge >= 0.3 is 5.69 Å². The standard InChI is InChI=1S/C13H20N4O4/c1-9-4-5-15(8-11(9)18)12(19)13(2,3)16-7-10(6-14-16)17(20)21/h6-7,9,11,18H,4-5,8H2,1-3H3. The van der Waals surface area contributed by atoms with Crippen LogP contribution >= 0.6 is 0 Å². The number of carbonyl (C=O) groups excluding carboxylic acids is 1. The zero-order valence-electron chi connectivity index (χ0n) is 12.4. The van der Waals surface area contributed by atoms with Gasteiger partial charge in [0.15, 0.2) is 0 Å². The quantitative estimate of drug-likeness (QED) is 0.655. The second-order valence-corrected chi connectivity index (χ2v) is 6.04. The predicted octanol–water partition coefficient (Wildman–Crippen LogP) is 0.756. The summed E-state index contributed by atoms with van der Waals surface area (Å²) in [6.45, 7) is 6.14. The van der Waals surface area contributed by atoms with Gasteiger partial charge in [0.05, 0.1) is 11.0 Å². The Morgan fingerprint density at radius 3 is 2.76 bits per heavy atom. The van der Waals surface area contributed by atoms with Crippen molar-refractivity contribution < 1.29 is 14.8 Å². The molecule has 2 unspecified atom stereocenters. The van der Waals surface area contributed by atoms with Crippen LogP contribution in [0.5, 0.6) is 0 Å². The molecule has 2 heterocycles. The number of rotatable bonds is 3. The van der Waals surface area contributed by atoms with Gasteiger partial charge in [-0.25, -0.2) is 0 Å². The molecule has 8 heteroatoms. The monoisotopic (exact) mass is 296 g/mol. The molecule has 0 aromatic carbocycles. The minimum absolute atomic E-state index is 0.150. The number of piperidine rings is 1. The third-order valence-corrected chi connectivity index (χ3v) is 4.08. The van der Waals surface area contributed by atoms with E-state index >= 15 is 0 Å². The summed E-state index contributed by atoms with van der Waals surface area (Å²) in [6, 6.07) is 0. The number of nitro groups is 1. The van der Waals surface area contributed by atoms with Crippen LogP contribution in [0.1, 0.15) is 27.2 Å². The number of likely N-dealkylation sites (tertiary alicyclic amines) is 1. The number of hydrogen-bond donors (Lipinski definition) is 1. The van der Waals surface area contributed by atoms with E-state index in [1.54, 1.807) is 18.7 Å². The molecule has 2 rings (SSSR count). The van der Waals surface area contributed by atoms with E-state index in [9.17, 15) is 20.0 Å². The largest absolute Gasteiger partial charge is 0.391 e. The highest BCUT2D eigenvalue weighted by molar-refractivity contribution is 5.83. The molecule has 1 fully saturated rings. The van der Waals surface area contributed by atoms with Crippen LogP contribution in [0, 0.1) is 16.0 Å². The molecule has 0 radical (unpaired) electrons. The minimum Gasteiger partial charge on any atom is -0.391 e. The summed E-state index contributed by atoms with van der Waals surface area (Å²) in [6.07, 6.45) is 2.58. The Morgan fingerprint density at radius 1 is 1.57 bits per heavy atom. The number of carbonyl (C=O) groups is 1. The summed E-state index contributed by atoms with van der Waals surface area (Å²) >= 11 is 0. The summed E-state index contributed by atoms with van der Waals surface area (Å²) < 4.78 is 1.30. The van der Waals surface area contributed by atoms with Crippen molar-refractivity contribution in [3.63, 3.8) is 0 Å². The Kier molecular flexibility index (Phi) is 3.99. The zero-order valence-corrected chi connectivity index (χ0v) is 12.4. The zero-order chi connectivity index (χ0) is 15.8. The fourth-order valence-electron chi connectivity index (χ4n) is 2.43. The van der Waals surface area contributed by atoms with Gasteiger partial charge in [-0.05, 0) is 26.2 Å². The van der Waals surface area contributed by atoms with Crippen LogP contribution in [0.3, 0.4) is 0 Å². The Bertz CT molecular complexity index is 554. The molecule has 1 saturated heterocycles. The fraction of sp³-hybridized carbons (Fsp3) is 0.692. The van der Waals surface area contributed by atoms with E-state index in [1.807, 2.05) is 6.92 Å². The molecule has 116 valence electrons. The molecule has 8 nitrogen and oxygen atoms in total. The highest BCUT2D eigenvalue weighted by Crippen LogP contribution is 2.24. The van der Waals surface area contributed by atoms with Gasteiger partial charge in [-0.15, -0.1) is 0 Å². The lowest BCUT2D eigenvalue weighted by molar-refractivity contribution is -0.385. The molecule has 0 saturated carbocycles. The lowest BCUT2D eigenvalue weighted by Crippen LogP contribution is -2.53. The minimum atomic E-state index is -1.03. The number of nitrogens with zero attached hydrogens (tertiary/aromatic N) is 4. The third-order valence-electron chi connectivity index (χ3n) is 4.08. The van der Waals surface area contributed by atoms with Gasteiger partial charge in [0.2, 0.25) is 5.91 Å². The van der Waals surface area contributed by atoms with Crippen molar-refractivity contribution in [1.82, 2.24) is 14.7 Å². The van der Waals surface area contributed by atoms with Crippen LogP contribution in [0.15, 0.2) is 12.4 Å². The molecule has 1 aromatic rings. The summed E-state index contributed by atoms with van der Waals surface area (Å²) in [5.74, 6) is -0.0330. The molecule has 0 aliphatic carbocycles. The van der Waals surface area contributed by atoms with Gasteiger partial charge in [0.25, 0.3) is 0 Å². The maximum Gasteiger partial charge on any atom is 0.307 e. The van der Waals surface area contributed by atoms with Gasteiger partial charge in [0.1, 0.15) is 17.9 Å². The predicted molar refractivity (Wildman–Crippen MR) is 74.6 cm³/mol. The number of amides is 1. The Balaban J connectivity index is 2.17. The molecule has 21 heavy (non-hydrogen) atoms. The third kappa shape index (κ3) is 2.90. The topological polar surface area (TPSA) is 102 Å². The molecular weight excluding hydrogens is 276 g/mol. The van der Waals surface area contributed by atoms with Crippen molar-refractivity contribution in [1.29, 1.82) is 0 Å². The van der Waals surface area contributed by atoms with Crippen molar-refractivity contribution in [2.45, 2.75) is 38.8 Å². The average Bonchev–Trinajstić information content (AvgIpc) is 2.91. The van der Waals surface area contributed by atoms with Crippen LogP contribution in [0.25, 0.3) is 0 Å². The highest BCUT2D eigenvalue weighted by atomic mass is 16.6. The first-order valence-electron chi connectivity index (χ1n) is 6.90. The van der Waals surface area contributed by atoms with Crippen molar-refractivity contribution in [2.75, 3.05) is 13.1 Å². The fourth-order valence-corrected chi connectivity index (χ4v) is 2.43. The van der Waals surface area contributed by atoms with Crippen molar-refractivity contribution in [2.24, 2.45) is 5.92 Å². The first-order chi connectivity index (χ1) is 9.73. The normalized spacial score (nSPS) is 23.1. The second kappa shape index (κ2) is 5.44. The van der Waals surface area contributed by atoms with E-state index in [2.05, 4.69) is 5.10 Å². The molecule has 0 spiro atoms. The summed E-state index contributed by atoms with van der Waals surface area (Å²) in [4.78, 5) is 24.4. The molecule has 1 aliphatic heterocycles. The van der Waals surface area contributed by atoms with E-state index in [0.717, 1.165) is 12.6 Å². The van der Waals surface area contributed by atoms with Crippen LogP contribution in [0.4, 0.5) is 5.69 Å². The molecule has 1 amide bonds. The van der Waals surface area contributed by atoms with E-state index < -0.39 is 16.6 Å². The first kappa shape index (κ1) is 15.4. The lowest BCUT2D eigenvalue weighted by Gasteiger charge is -2.38. The van der Waals surface area contributed by atoms with Crippen molar-refractivity contribution in [3.8, 4) is 0 Å². The molecule has 2 atom stereocenters. The lowest BCUT2D eigenvalue weighted by atomic mass is 9.94. The van der Waals surface area contributed by atoms with Gasteiger partial charge < -0.3 is 10.0 Å². The molecule has 0 bridgehead atoms. The van der Waals surface area contributed by atoms with Crippen molar-refractivity contribution >= 4 is 11.6 Å². The van der Waals surface area contributed by atoms with Crippen molar-refractivity contribution in [3.05, 3.63) is 22.5 Å². The SMILES string of the molecule is CC1CCN(C(=O)C(C)(C)n2cc([N+](=O)[O-])cn2)CC1O. The number of aliphatic hydroxyl groups is 1. The molecule has 1 N–H and O–H groups in total. The van der Waals surface area contributed by atoms with E-state index in [0.29, 0.717) is 6.54 Å². The van der Waals surface area contributed by atoms with E-state index in [-0.39, 0.29) is 24.1 Å². The van der Waals surface area contributed by atoms with Crippen LogP contribution < -0.4 is 0 Å².